The smallest absolute Gasteiger partial charge is 0.151 e. The van der Waals surface area contributed by atoms with Gasteiger partial charge in [0.1, 0.15) is 24.4 Å². The maximum atomic E-state index is 9.90. The molecule has 0 aromatic carbocycles. The molecule has 1 aromatic heterocycles. The number of aromatic nitrogens is 1. The minimum Gasteiger partial charge on any atom is -0.394 e. The molecule has 7 nitrogen and oxygen atoms in total. The van der Waals surface area contributed by atoms with Crippen LogP contribution in [0.25, 0.3) is 0 Å². The van der Waals surface area contributed by atoms with Gasteiger partial charge in [0.2, 0.25) is 0 Å². The van der Waals surface area contributed by atoms with Gasteiger partial charge < -0.3 is 30.3 Å². The van der Waals surface area contributed by atoms with Gasteiger partial charge in [0.25, 0.3) is 0 Å². The summed E-state index contributed by atoms with van der Waals surface area (Å²) in [7, 11) is 0. The molecule has 102 valence electrons. The zero-order valence-electron chi connectivity index (χ0n) is 9.57. The first kappa shape index (κ1) is 16.6. The molecular formula is C11H17NO6. The Balaban J connectivity index is 0.000000397. The lowest BCUT2D eigenvalue weighted by atomic mass is 10.0. The molecule has 0 aliphatic rings. The maximum absolute atomic E-state index is 9.90. The molecule has 0 bridgehead atoms. The van der Waals surface area contributed by atoms with Crippen LogP contribution in [0.2, 0.25) is 0 Å². The van der Waals surface area contributed by atoms with E-state index < -0.39 is 31.0 Å². The first-order valence-electron chi connectivity index (χ1n) is 5.18. The van der Waals surface area contributed by atoms with Crippen molar-refractivity contribution < 1.29 is 30.3 Å². The molecule has 7 heteroatoms. The third-order valence-corrected chi connectivity index (χ3v) is 1.99. The lowest BCUT2D eigenvalue weighted by Gasteiger charge is -2.22. The molecule has 1 rings (SSSR count). The van der Waals surface area contributed by atoms with Crippen molar-refractivity contribution in [3.05, 3.63) is 30.6 Å². The molecular weight excluding hydrogens is 242 g/mol. The average molecular weight is 259 g/mol. The molecule has 0 unspecified atom stereocenters. The minimum atomic E-state index is -1.79. The van der Waals surface area contributed by atoms with Crippen molar-refractivity contribution in [2.45, 2.75) is 24.4 Å². The molecule has 0 spiro atoms. The molecule has 1 aromatic rings. The summed E-state index contributed by atoms with van der Waals surface area (Å²) < 4.78 is 0. The molecule has 18 heavy (non-hydrogen) atoms. The maximum Gasteiger partial charge on any atom is 0.151 e. The summed E-state index contributed by atoms with van der Waals surface area (Å²) in [5, 5.41) is 43.5. The van der Waals surface area contributed by atoms with E-state index >= 15 is 0 Å². The Hall–Kier alpha value is -1.38. The number of pyridine rings is 1. The van der Waals surface area contributed by atoms with Gasteiger partial charge in [0, 0.05) is 12.4 Å². The van der Waals surface area contributed by atoms with Crippen molar-refractivity contribution in [2.75, 3.05) is 6.61 Å². The van der Waals surface area contributed by atoms with Gasteiger partial charge in [0.05, 0.1) is 6.61 Å². The second-order valence-corrected chi connectivity index (χ2v) is 3.38. The molecule has 0 amide bonds. The van der Waals surface area contributed by atoms with Crippen LogP contribution in [0, 0.1) is 0 Å². The minimum absolute atomic E-state index is 0.0258. The summed E-state index contributed by atoms with van der Waals surface area (Å²) in [6, 6.07) is 5.72. The summed E-state index contributed by atoms with van der Waals surface area (Å²) in [5.74, 6) is 0. The normalized spacial score (nSPS) is 16.7. The van der Waals surface area contributed by atoms with E-state index in [1.807, 2.05) is 18.2 Å². The Morgan fingerprint density at radius 1 is 1.00 bits per heavy atom. The predicted molar refractivity (Wildman–Crippen MR) is 61.4 cm³/mol. The van der Waals surface area contributed by atoms with Gasteiger partial charge >= 0.3 is 0 Å². The largest absolute Gasteiger partial charge is 0.394 e. The van der Waals surface area contributed by atoms with Gasteiger partial charge in [-0.2, -0.15) is 0 Å². The second kappa shape index (κ2) is 9.63. The van der Waals surface area contributed by atoms with Gasteiger partial charge in [-0.25, -0.2) is 0 Å². The third kappa shape index (κ3) is 6.38. The fourth-order valence-electron chi connectivity index (χ4n) is 0.931. The van der Waals surface area contributed by atoms with Crippen LogP contribution in [-0.2, 0) is 4.79 Å². The highest BCUT2D eigenvalue weighted by molar-refractivity contribution is 5.56. The molecule has 0 saturated carbocycles. The van der Waals surface area contributed by atoms with Crippen LogP contribution in [0.15, 0.2) is 30.6 Å². The van der Waals surface area contributed by atoms with Crippen molar-refractivity contribution in [3.63, 3.8) is 0 Å². The van der Waals surface area contributed by atoms with E-state index in [0.29, 0.717) is 0 Å². The van der Waals surface area contributed by atoms with Gasteiger partial charge in [-0.3, -0.25) is 4.98 Å². The summed E-state index contributed by atoms with van der Waals surface area (Å²) in [4.78, 5) is 13.7. The summed E-state index contributed by atoms with van der Waals surface area (Å²) in [6.07, 6.45) is -3.34. The van der Waals surface area contributed by atoms with Crippen LogP contribution in [0.3, 0.4) is 0 Å². The van der Waals surface area contributed by atoms with E-state index in [4.69, 9.17) is 25.5 Å². The van der Waals surface area contributed by atoms with Gasteiger partial charge in [-0.05, 0) is 12.1 Å². The third-order valence-electron chi connectivity index (χ3n) is 1.99. The highest BCUT2D eigenvalue weighted by Crippen LogP contribution is 2.02. The summed E-state index contributed by atoms with van der Waals surface area (Å²) >= 11 is 0. The Kier molecular flexibility index (Phi) is 8.89. The number of rotatable bonds is 5. The van der Waals surface area contributed by atoms with Crippen LogP contribution >= 0.6 is 0 Å². The van der Waals surface area contributed by atoms with Crippen LogP contribution in [0.4, 0.5) is 0 Å². The van der Waals surface area contributed by atoms with E-state index in [1.165, 1.54) is 0 Å². The van der Waals surface area contributed by atoms with Crippen LogP contribution < -0.4 is 0 Å². The fraction of sp³-hybridized carbons (Fsp3) is 0.455. The number of carbonyl (C=O) groups is 1. The van der Waals surface area contributed by atoms with E-state index in [0.717, 1.165) is 0 Å². The fourth-order valence-corrected chi connectivity index (χ4v) is 0.931. The van der Waals surface area contributed by atoms with Crippen LogP contribution in [0.1, 0.15) is 0 Å². The summed E-state index contributed by atoms with van der Waals surface area (Å²) in [5.41, 5.74) is 0. The standard InChI is InChI=1S/C6H12O6.C5H5N/c7-1-3(9)5(11)6(12)4(10)2-8;1-2-4-6-5-3-1/h1,3-6,8-12H,2H2;1-5H/t3-,4+,5+,6+;/m0./s1. The average Bonchev–Trinajstić information content (AvgIpc) is 2.46. The van der Waals surface area contributed by atoms with Crippen molar-refractivity contribution in [2.24, 2.45) is 0 Å². The first-order chi connectivity index (χ1) is 8.54. The summed E-state index contributed by atoms with van der Waals surface area (Å²) in [6.45, 7) is -0.760. The number of hydrogen-bond acceptors (Lipinski definition) is 7. The zero-order valence-corrected chi connectivity index (χ0v) is 9.57. The Morgan fingerprint density at radius 3 is 1.83 bits per heavy atom. The highest BCUT2D eigenvalue weighted by atomic mass is 16.4. The lowest BCUT2D eigenvalue weighted by Crippen LogP contribution is -2.46. The van der Waals surface area contributed by atoms with E-state index in [9.17, 15) is 4.79 Å². The number of carbonyl (C=O) groups excluding carboxylic acids is 1. The topological polar surface area (TPSA) is 131 Å². The molecule has 0 aliphatic heterocycles. The SMILES string of the molecule is O=C[C@H](O)[C@@H](O)[C@H](O)[C@H](O)CO.c1ccncc1. The van der Waals surface area contributed by atoms with Gasteiger partial charge in [-0.15, -0.1) is 0 Å². The second-order valence-electron chi connectivity index (χ2n) is 3.38. The first-order valence-corrected chi connectivity index (χ1v) is 5.18. The molecule has 0 saturated heterocycles. The van der Waals surface area contributed by atoms with Crippen molar-refractivity contribution in [3.8, 4) is 0 Å². The molecule has 4 atom stereocenters. The zero-order chi connectivity index (χ0) is 14.0. The number of nitrogens with zero attached hydrogens (tertiary/aromatic N) is 1. The quantitative estimate of drug-likeness (QED) is 0.376. The molecule has 0 aliphatic carbocycles. The van der Waals surface area contributed by atoms with Crippen molar-refractivity contribution in [1.82, 2.24) is 4.98 Å². The van der Waals surface area contributed by atoms with Crippen molar-refractivity contribution >= 4 is 6.29 Å². The van der Waals surface area contributed by atoms with E-state index in [-0.39, 0.29) is 6.29 Å². The monoisotopic (exact) mass is 259 g/mol. The Labute approximate surface area is 104 Å². The van der Waals surface area contributed by atoms with E-state index in [1.54, 1.807) is 12.4 Å². The molecule has 0 radical (unpaired) electrons. The molecule has 1 heterocycles. The molecule has 0 fully saturated rings. The van der Waals surface area contributed by atoms with Gasteiger partial charge in [-0.1, -0.05) is 6.07 Å². The van der Waals surface area contributed by atoms with Crippen LogP contribution in [0.5, 0.6) is 0 Å². The van der Waals surface area contributed by atoms with Crippen LogP contribution in [-0.4, -0.2) is 67.8 Å². The predicted octanol–water partition coefficient (Wildman–Crippen LogP) is -2.30. The number of aliphatic hydroxyl groups excluding tert-OH is 5. The van der Waals surface area contributed by atoms with E-state index in [2.05, 4.69) is 4.98 Å². The number of hydrogen-bond donors (Lipinski definition) is 5. The highest BCUT2D eigenvalue weighted by Gasteiger charge is 2.29. The number of aliphatic hydroxyl groups is 5. The lowest BCUT2D eigenvalue weighted by molar-refractivity contribution is -0.136. The number of aldehydes is 1. The Bertz CT molecular complexity index is 283. The van der Waals surface area contributed by atoms with Crippen molar-refractivity contribution in [1.29, 1.82) is 0 Å². The Morgan fingerprint density at radius 2 is 1.56 bits per heavy atom. The molecule has 5 N–H and O–H groups in total. The van der Waals surface area contributed by atoms with Gasteiger partial charge in [0.15, 0.2) is 6.29 Å².